The number of aromatic nitrogens is 2. The molecule has 0 aliphatic rings. The first kappa shape index (κ1) is 11.8. The Labute approximate surface area is 89.3 Å². The van der Waals surface area contributed by atoms with Gasteiger partial charge in [-0.25, -0.2) is 14.4 Å². The number of anilines is 1. The van der Waals surface area contributed by atoms with Gasteiger partial charge in [0.15, 0.2) is 11.6 Å². The highest BCUT2D eigenvalue weighted by Gasteiger charge is 2.13. The van der Waals surface area contributed by atoms with Crippen molar-refractivity contribution in [3.05, 3.63) is 17.8 Å². The van der Waals surface area contributed by atoms with Crippen molar-refractivity contribution in [1.29, 1.82) is 0 Å². The molecule has 0 aromatic carbocycles. The lowest BCUT2D eigenvalue weighted by Crippen LogP contribution is -2.31. The number of hydrogen-bond donors (Lipinski definition) is 1. The van der Waals surface area contributed by atoms with Crippen LogP contribution in [-0.2, 0) is 0 Å². The summed E-state index contributed by atoms with van der Waals surface area (Å²) in [5, 5.41) is 0. The molecule has 0 atom stereocenters. The summed E-state index contributed by atoms with van der Waals surface area (Å²) in [5.41, 5.74) is 5.85. The molecule has 1 heterocycles. The van der Waals surface area contributed by atoms with Crippen molar-refractivity contribution in [1.82, 2.24) is 9.97 Å². The lowest BCUT2D eigenvalue weighted by atomic mass is 10.3. The largest absolute Gasteiger partial charge is 0.353 e. The summed E-state index contributed by atoms with van der Waals surface area (Å²) in [7, 11) is 0. The lowest BCUT2D eigenvalue weighted by Gasteiger charge is -2.22. The Bertz CT molecular complexity index is 310. The van der Waals surface area contributed by atoms with Crippen LogP contribution in [-0.4, -0.2) is 29.6 Å². The molecule has 0 amide bonds. The number of halogens is 1. The van der Waals surface area contributed by atoms with Crippen LogP contribution >= 0.6 is 0 Å². The summed E-state index contributed by atoms with van der Waals surface area (Å²) in [5.74, 6) is 0.00852. The average molecular weight is 212 g/mol. The summed E-state index contributed by atoms with van der Waals surface area (Å²) >= 11 is 0. The van der Waals surface area contributed by atoms with Crippen molar-refractivity contribution in [2.24, 2.45) is 5.73 Å². The zero-order valence-corrected chi connectivity index (χ0v) is 9.20. The number of rotatable bonds is 5. The van der Waals surface area contributed by atoms with Gasteiger partial charge in [0.1, 0.15) is 6.33 Å². The fraction of sp³-hybridized carbons (Fsp3) is 0.600. The Morgan fingerprint density at radius 3 is 2.73 bits per heavy atom. The minimum atomic E-state index is -0.348. The summed E-state index contributed by atoms with van der Waals surface area (Å²) in [6, 6.07) is 0. The van der Waals surface area contributed by atoms with Crippen LogP contribution < -0.4 is 10.6 Å². The van der Waals surface area contributed by atoms with Crippen LogP contribution in [0, 0.1) is 12.7 Å². The third kappa shape index (κ3) is 2.86. The van der Waals surface area contributed by atoms with Gasteiger partial charge in [-0.05, 0) is 13.3 Å². The zero-order valence-electron chi connectivity index (χ0n) is 9.20. The van der Waals surface area contributed by atoms with Crippen molar-refractivity contribution in [3.8, 4) is 0 Å². The lowest BCUT2D eigenvalue weighted by molar-refractivity contribution is 0.588. The smallest absolute Gasteiger partial charge is 0.186 e. The van der Waals surface area contributed by atoms with Crippen LogP contribution in [0.4, 0.5) is 10.2 Å². The Kier molecular flexibility index (Phi) is 4.42. The SMILES string of the molecule is CCCN(CCN)c1ncnc(C)c1F. The second-order valence-corrected chi connectivity index (χ2v) is 3.37. The molecule has 1 rings (SSSR count). The molecule has 0 aliphatic heterocycles. The normalized spacial score (nSPS) is 10.4. The second kappa shape index (κ2) is 5.60. The molecule has 84 valence electrons. The van der Waals surface area contributed by atoms with Gasteiger partial charge < -0.3 is 10.6 Å². The first-order chi connectivity index (χ1) is 7.20. The standard InChI is InChI=1S/C10H17FN4/c1-3-5-15(6-4-12)10-9(11)8(2)13-7-14-10/h7H,3-6,12H2,1-2H3. The monoisotopic (exact) mass is 212 g/mol. The van der Waals surface area contributed by atoms with Gasteiger partial charge in [0.05, 0.1) is 5.69 Å². The highest BCUT2D eigenvalue weighted by atomic mass is 19.1. The third-order valence-corrected chi connectivity index (χ3v) is 2.14. The molecule has 1 aromatic heterocycles. The molecule has 0 aliphatic carbocycles. The van der Waals surface area contributed by atoms with E-state index in [4.69, 9.17) is 5.73 Å². The van der Waals surface area contributed by atoms with Gasteiger partial charge in [0, 0.05) is 19.6 Å². The van der Waals surface area contributed by atoms with Gasteiger partial charge in [-0.3, -0.25) is 0 Å². The molecule has 0 spiro atoms. The molecule has 0 saturated carbocycles. The van der Waals surface area contributed by atoms with Crippen molar-refractivity contribution >= 4 is 5.82 Å². The summed E-state index contributed by atoms with van der Waals surface area (Å²) in [4.78, 5) is 9.61. The van der Waals surface area contributed by atoms with Gasteiger partial charge in [-0.2, -0.15) is 0 Å². The maximum absolute atomic E-state index is 13.7. The molecule has 5 heteroatoms. The van der Waals surface area contributed by atoms with Crippen LogP contribution in [0.2, 0.25) is 0 Å². The van der Waals surface area contributed by atoms with E-state index in [9.17, 15) is 4.39 Å². The fourth-order valence-corrected chi connectivity index (χ4v) is 1.42. The molecule has 1 aromatic rings. The van der Waals surface area contributed by atoms with E-state index in [1.807, 2.05) is 11.8 Å². The molecule has 0 radical (unpaired) electrons. The Morgan fingerprint density at radius 1 is 1.40 bits per heavy atom. The van der Waals surface area contributed by atoms with E-state index in [0.717, 1.165) is 13.0 Å². The Hall–Kier alpha value is -1.23. The fourth-order valence-electron chi connectivity index (χ4n) is 1.42. The van der Waals surface area contributed by atoms with Crippen LogP contribution in [0.15, 0.2) is 6.33 Å². The highest BCUT2D eigenvalue weighted by molar-refractivity contribution is 5.40. The number of nitrogens with two attached hydrogens (primary N) is 1. The zero-order chi connectivity index (χ0) is 11.3. The van der Waals surface area contributed by atoms with Crippen molar-refractivity contribution < 1.29 is 4.39 Å². The van der Waals surface area contributed by atoms with Gasteiger partial charge >= 0.3 is 0 Å². The molecule has 0 saturated heterocycles. The number of aryl methyl sites for hydroxylation is 1. The van der Waals surface area contributed by atoms with E-state index in [-0.39, 0.29) is 5.82 Å². The van der Waals surface area contributed by atoms with Crippen LogP contribution in [0.25, 0.3) is 0 Å². The molecule has 15 heavy (non-hydrogen) atoms. The second-order valence-electron chi connectivity index (χ2n) is 3.37. The molecule has 4 nitrogen and oxygen atoms in total. The number of nitrogens with zero attached hydrogens (tertiary/aromatic N) is 3. The first-order valence-corrected chi connectivity index (χ1v) is 5.12. The van der Waals surface area contributed by atoms with Crippen LogP contribution in [0.5, 0.6) is 0 Å². The average Bonchev–Trinajstić information content (AvgIpc) is 2.22. The summed E-state index contributed by atoms with van der Waals surface area (Å²) < 4.78 is 13.7. The topological polar surface area (TPSA) is 55.0 Å². The maximum Gasteiger partial charge on any atom is 0.186 e. The summed E-state index contributed by atoms with van der Waals surface area (Å²) in [6.45, 7) is 5.52. The first-order valence-electron chi connectivity index (χ1n) is 5.12. The minimum Gasteiger partial charge on any atom is -0.353 e. The molecule has 0 bridgehead atoms. The van der Waals surface area contributed by atoms with Crippen molar-refractivity contribution in [2.45, 2.75) is 20.3 Å². The third-order valence-electron chi connectivity index (χ3n) is 2.14. The highest BCUT2D eigenvalue weighted by Crippen LogP contribution is 2.16. The molecular weight excluding hydrogens is 195 g/mol. The van der Waals surface area contributed by atoms with Gasteiger partial charge in [0.25, 0.3) is 0 Å². The molecule has 0 fully saturated rings. The summed E-state index contributed by atoms with van der Waals surface area (Å²) in [6.07, 6.45) is 2.31. The van der Waals surface area contributed by atoms with E-state index in [1.54, 1.807) is 6.92 Å². The Balaban J connectivity index is 2.94. The van der Waals surface area contributed by atoms with Crippen LogP contribution in [0.3, 0.4) is 0 Å². The molecule has 2 N–H and O–H groups in total. The minimum absolute atomic E-state index is 0.348. The maximum atomic E-state index is 13.7. The Morgan fingerprint density at radius 2 is 2.13 bits per heavy atom. The molecule has 0 unspecified atom stereocenters. The van der Waals surface area contributed by atoms with E-state index >= 15 is 0 Å². The van der Waals surface area contributed by atoms with E-state index in [1.165, 1.54) is 6.33 Å². The predicted octanol–water partition coefficient (Wildman–Crippen LogP) is 1.10. The van der Waals surface area contributed by atoms with Gasteiger partial charge in [0.2, 0.25) is 0 Å². The van der Waals surface area contributed by atoms with E-state index < -0.39 is 0 Å². The van der Waals surface area contributed by atoms with E-state index in [0.29, 0.717) is 24.6 Å². The number of hydrogen-bond acceptors (Lipinski definition) is 4. The van der Waals surface area contributed by atoms with Crippen molar-refractivity contribution in [2.75, 3.05) is 24.5 Å². The quantitative estimate of drug-likeness (QED) is 0.794. The predicted molar refractivity (Wildman–Crippen MR) is 58.3 cm³/mol. The van der Waals surface area contributed by atoms with Gasteiger partial charge in [-0.1, -0.05) is 6.92 Å². The molecular formula is C10H17FN4. The van der Waals surface area contributed by atoms with E-state index in [2.05, 4.69) is 9.97 Å². The van der Waals surface area contributed by atoms with Crippen LogP contribution in [0.1, 0.15) is 19.0 Å². The van der Waals surface area contributed by atoms with Crippen molar-refractivity contribution in [3.63, 3.8) is 0 Å². The van der Waals surface area contributed by atoms with Gasteiger partial charge in [-0.15, -0.1) is 0 Å².